The number of pyridine rings is 1. The smallest absolute Gasteiger partial charge is 0.230 e. The third-order valence-electron chi connectivity index (χ3n) is 4.41. The monoisotopic (exact) mass is 395 g/mol. The van der Waals surface area contributed by atoms with E-state index in [2.05, 4.69) is 51.0 Å². The van der Waals surface area contributed by atoms with Crippen molar-refractivity contribution in [1.82, 2.24) is 25.1 Å². The summed E-state index contributed by atoms with van der Waals surface area (Å²) in [5.41, 5.74) is 3.49. The maximum Gasteiger partial charge on any atom is 0.230 e. The van der Waals surface area contributed by atoms with E-state index in [9.17, 15) is 4.79 Å². The Morgan fingerprint density at radius 3 is 2.68 bits per heavy atom. The summed E-state index contributed by atoms with van der Waals surface area (Å²) in [4.78, 5) is 16.3. The van der Waals surface area contributed by atoms with E-state index >= 15 is 0 Å². The van der Waals surface area contributed by atoms with Crippen molar-refractivity contribution in [1.29, 1.82) is 0 Å². The summed E-state index contributed by atoms with van der Waals surface area (Å²) in [6.07, 6.45) is 5.29. The van der Waals surface area contributed by atoms with Crippen molar-refractivity contribution in [2.45, 2.75) is 38.4 Å². The topological polar surface area (TPSA) is 72.7 Å². The maximum absolute atomic E-state index is 12.2. The molecule has 1 N–H and O–H groups in total. The van der Waals surface area contributed by atoms with E-state index in [4.69, 9.17) is 0 Å². The van der Waals surface area contributed by atoms with Gasteiger partial charge in [0.25, 0.3) is 0 Å². The molecule has 0 unspecified atom stereocenters. The van der Waals surface area contributed by atoms with Gasteiger partial charge in [0.15, 0.2) is 11.0 Å². The number of hydrogen-bond acceptors (Lipinski definition) is 5. The Balaban J connectivity index is 1.56. The molecule has 0 radical (unpaired) electrons. The van der Waals surface area contributed by atoms with Crippen LogP contribution in [0.2, 0.25) is 0 Å². The molecule has 6 nitrogen and oxygen atoms in total. The fourth-order valence-corrected chi connectivity index (χ4v) is 3.74. The number of aryl methyl sites for hydroxylation is 1. The van der Waals surface area contributed by atoms with E-state index in [0.717, 1.165) is 35.9 Å². The van der Waals surface area contributed by atoms with Gasteiger partial charge in [-0.3, -0.25) is 9.78 Å². The molecule has 7 heteroatoms. The van der Waals surface area contributed by atoms with Gasteiger partial charge in [-0.1, -0.05) is 43.0 Å². The minimum absolute atomic E-state index is 0.00935. The number of amides is 1. The summed E-state index contributed by atoms with van der Waals surface area (Å²) in [5, 5.41) is 12.4. The summed E-state index contributed by atoms with van der Waals surface area (Å²) in [6, 6.07) is 12.1. The molecule has 0 aliphatic rings. The zero-order valence-electron chi connectivity index (χ0n) is 16.3. The van der Waals surface area contributed by atoms with Gasteiger partial charge in [0, 0.05) is 31.0 Å². The number of hydrogen-bond donors (Lipinski definition) is 1. The van der Waals surface area contributed by atoms with Gasteiger partial charge in [-0.2, -0.15) is 0 Å². The molecular weight excluding hydrogens is 370 g/mol. The van der Waals surface area contributed by atoms with E-state index < -0.39 is 0 Å². The average Bonchev–Trinajstić information content (AvgIpc) is 3.11. The Labute approximate surface area is 169 Å². The molecule has 1 amide bonds. The molecule has 0 aliphatic carbocycles. The normalized spacial score (nSPS) is 10.8. The van der Waals surface area contributed by atoms with Crippen LogP contribution in [-0.4, -0.2) is 38.0 Å². The van der Waals surface area contributed by atoms with E-state index in [0.29, 0.717) is 12.3 Å². The van der Waals surface area contributed by atoms with Crippen molar-refractivity contribution in [3.05, 3.63) is 59.9 Å². The summed E-state index contributed by atoms with van der Waals surface area (Å²) < 4.78 is 2.07. The van der Waals surface area contributed by atoms with Crippen LogP contribution in [0.1, 0.15) is 24.5 Å². The molecule has 3 rings (SSSR count). The number of nitrogens with zero attached hydrogens (tertiary/aromatic N) is 4. The highest BCUT2D eigenvalue weighted by Crippen LogP contribution is 2.23. The first kappa shape index (κ1) is 20.1. The molecule has 2 heterocycles. The van der Waals surface area contributed by atoms with E-state index in [1.54, 1.807) is 12.4 Å². The van der Waals surface area contributed by atoms with Gasteiger partial charge in [-0.25, -0.2) is 0 Å². The lowest BCUT2D eigenvalue weighted by molar-refractivity contribution is -0.118. The van der Waals surface area contributed by atoms with Gasteiger partial charge >= 0.3 is 0 Å². The second-order valence-corrected chi connectivity index (χ2v) is 7.45. The molecule has 146 valence electrons. The molecule has 0 saturated carbocycles. The first-order valence-corrected chi connectivity index (χ1v) is 10.4. The maximum atomic E-state index is 12.2. The number of carbonyl (C=O) groups excluding carboxylic acids is 1. The van der Waals surface area contributed by atoms with Crippen LogP contribution in [0.5, 0.6) is 0 Å². The molecule has 0 bridgehead atoms. The summed E-state index contributed by atoms with van der Waals surface area (Å²) in [6.45, 7) is 5.65. The molecular formula is C21H25N5OS. The van der Waals surface area contributed by atoms with Crippen molar-refractivity contribution < 1.29 is 4.79 Å². The number of carbonyl (C=O) groups is 1. The van der Waals surface area contributed by atoms with Gasteiger partial charge in [-0.05, 0) is 43.0 Å². The highest BCUT2D eigenvalue weighted by atomic mass is 32.2. The van der Waals surface area contributed by atoms with Gasteiger partial charge in [0.1, 0.15) is 0 Å². The van der Waals surface area contributed by atoms with Gasteiger partial charge in [0.2, 0.25) is 5.91 Å². The Morgan fingerprint density at radius 2 is 1.93 bits per heavy atom. The second-order valence-electron chi connectivity index (χ2n) is 6.51. The first-order valence-electron chi connectivity index (χ1n) is 9.46. The van der Waals surface area contributed by atoms with Crippen molar-refractivity contribution in [2.75, 3.05) is 12.3 Å². The van der Waals surface area contributed by atoms with Crippen LogP contribution >= 0.6 is 11.8 Å². The standard InChI is InChI=1S/C21H25N5OS/c1-3-14-26-20(18-8-11-22-12-9-18)24-25-21(26)28-15-19(27)23-13-10-17-7-5-4-6-16(17)2/h4-9,11-12H,3,10,13-15H2,1-2H3,(H,23,27). The van der Waals surface area contributed by atoms with E-state index in [-0.39, 0.29) is 5.91 Å². The lowest BCUT2D eigenvalue weighted by atomic mass is 10.1. The summed E-state index contributed by atoms with van der Waals surface area (Å²) in [7, 11) is 0. The Morgan fingerprint density at radius 1 is 1.14 bits per heavy atom. The molecule has 2 aromatic heterocycles. The average molecular weight is 396 g/mol. The molecule has 0 fully saturated rings. The Kier molecular flexibility index (Phi) is 7.19. The molecule has 1 aromatic carbocycles. The molecule has 0 atom stereocenters. The Bertz CT molecular complexity index is 910. The van der Waals surface area contributed by atoms with Crippen LogP contribution in [0.15, 0.2) is 53.9 Å². The van der Waals surface area contributed by atoms with Gasteiger partial charge in [-0.15, -0.1) is 10.2 Å². The third-order valence-corrected chi connectivity index (χ3v) is 5.38. The number of rotatable bonds is 9. The van der Waals surface area contributed by atoms with Crippen LogP contribution in [-0.2, 0) is 17.8 Å². The summed E-state index contributed by atoms with van der Waals surface area (Å²) in [5.74, 6) is 1.15. The molecule has 3 aromatic rings. The van der Waals surface area contributed by atoms with Crippen molar-refractivity contribution in [3.8, 4) is 11.4 Å². The summed E-state index contributed by atoms with van der Waals surface area (Å²) >= 11 is 1.42. The Hall–Kier alpha value is -2.67. The third kappa shape index (κ3) is 5.19. The number of nitrogens with one attached hydrogen (secondary N) is 1. The minimum Gasteiger partial charge on any atom is -0.355 e. The lowest BCUT2D eigenvalue weighted by Crippen LogP contribution is -2.27. The van der Waals surface area contributed by atoms with Gasteiger partial charge in [0.05, 0.1) is 5.75 Å². The van der Waals surface area contributed by atoms with Crippen LogP contribution in [0, 0.1) is 6.92 Å². The molecule has 0 saturated heterocycles. The van der Waals surface area contributed by atoms with Crippen molar-refractivity contribution in [3.63, 3.8) is 0 Å². The van der Waals surface area contributed by atoms with Crippen LogP contribution in [0.3, 0.4) is 0 Å². The zero-order valence-corrected chi connectivity index (χ0v) is 17.1. The van der Waals surface area contributed by atoms with E-state index in [1.807, 2.05) is 24.3 Å². The van der Waals surface area contributed by atoms with Crippen LogP contribution < -0.4 is 5.32 Å². The van der Waals surface area contributed by atoms with E-state index in [1.165, 1.54) is 22.9 Å². The van der Waals surface area contributed by atoms with Crippen LogP contribution in [0.4, 0.5) is 0 Å². The molecule has 0 spiro atoms. The van der Waals surface area contributed by atoms with Crippen LogP contribution in [0.25, 0.3) is 11.4 Å². The number of aromatic nitrogens is 4. The lowest BCUT2D eigenvalue weighted by Gasteiger charge is -2.09. The van der Waals surface area contributed by atoms with Crippen molar-refractivity contribution >= 4 is 17.7 Å². The fraction of sp³-hybridized carbons (Fsp3) is 0.333. The molecule has 0 aliphatic heterocycles. The second kappa shape index (κ2) is 10.0. The quantitative estimate of drug-likeness (QED) is 0.561. The minimum atomic E-state index is 0.00935. The highest BCUT2D eigenvalue weighted by molar-refractivity contribution is 7.99. The fourth-order valence-electron chi connectivity index (χ4n) is 2.94. The van der Waals surface area contributed by atoms with Crippen molar-refractivity contribution in [2.24, 2.45) is 0 Å². The predicted octanol–water partition coefficient (Wildman–Crippen LogP) is 3.51. The zero-order chi connectivity index (χ0) is 19.8. The van der Waals surface area contributed by atoms with Gasteiger partial charge < -0.3 is 9.88 Å². The number of thioether (sulfide) groups is 1. The predicted molar refractivity (Wildman–Crippen MR) is 112 cm³/mol. The highest BCUT2D eigenvalue weighted by Gasteiger charge is 2.15. The molecule has 28 heavy (non-hydrogen) atoms. The largest absolute Gasteiger partial charge is 0.355 e. The first-order chi connectivity index (χ1) is 13.7. The SMILES string of the molecule is CCCn1c(SCC(=O)NCCc2ccccc2C)nnc1-c1ccncc1. The number of benzene rings is 1.